The number of hydrogen-bond donors (Lipinski definition) is 4. The molecule has 0 bridgehead atoms. The maximum Gasteiger partial charge on any atom is 0.407 e. The van der Waals surface area contributed by atoms with Gasteiger partial charge in [-0.3, -0.25) is 14.0 Å². The summed E-state index contributed by atoms with van der Waals surface area (Å²) in [5.74, 6) is 0.931. The predicted octanol–water partition coefficient (Wildman–Crippen LogP) is 7.36. The molecule has 2 saturated heterocycles. The second-order valence-electron chi connectivity index (χ2n) is 15.2. The zero-order chi connectivity index (χ0) is 42.7. The Bertz CT molecular complexity index is 2680. The van der Waals surface area contributed by atoms with Crippen LogP contribution in [0.15, 0.2) is 110 Å². The van der Waals surface area contributed by atoms with Crippen molar-refractivity contribution in [2.45, 2.75) is 49.9 Å². The van der Waals surface area contributed by atoms with Gasteiger partial charge in [-0.15, -0.1) is 0 Å². The van der Waals surface area contributed by atoms with Gasteiger partial charge in [0.25, 0.3) is 11.8 Å². The van der Waals surface area contributed by atoms with Crippen molar-refractivity contribution < 1.29 is 28.7 Å². The van der Waals surface area contributed by atoms with E-state index >= 15 is 0 Å². The van der Waals surface area contributed by atoms with Crippen LogP contribution >= 0.6 is 11.3 Å². The molecule has 3 aromatic carbocycles. The number of thiazole rings is 1. The number of hydrogen-bond acceptors (Lipinski definition) is 10. The van der Waals surface area contributed by atoms with Crippen molar-refractivity contribution in [3.8, 4) is 33.1 Å². The Morgan fingerprint density at radius 3 is 1.69 bits per heavy atom. The molecule has 0 radical (unpaired) electrons. The number of nitrogens with zero attached hydrogens (tertiary/aromatic N) is 6. The van der Waals surface area contributed by atoms with Crippen molar-refractivity contribution in [3.05, 3.63) is 132 Å². The molecule has 4 N–H and O–H groups in total. The molecule has 0 aliphatic carbocycles. The average molecular weight is 853 g/mol. The molecule has 0 saturated carbocycles. The van der Waals surface area contributed by atoms with Crippen molar-refractivity contribution in [2.24, 2.45) is 0 Å². The van der Waals surface area contributed by atoms with Crippen molar-refractivity contribution in [1.82, 2.24) is 49.8 Å². The topological polar surface area (TPSA) is 192 Å². The molecule has 0 spiro atoms. The number of carbonyl (C=O) groups is 4. The van der Waals surface area contributed by atoms with Gasteiger partial charge in [0.05, 0.1) is 60.7 Å². The van der Waals surface area contributed by atoms with Gasteiger partial charge in [-0.2, -0.15) is 0 Å². The molecule has 316 valence electrons. The Morgan fingerprint density at radius 1 is 0.677 bits per heavy atom. The first kappa shape index (κ1) is 40.2. The summed E-state index contributed by atoms with van der Waals surface area (Å²) in [7, 11) is 2.55. The second-order valence-corrected chi connectivity index (χ2v) is 16.2. The van der Waals surface area contributed by atoms with E-state index in [1.807, 2.05) is 102 Å². The Balaban J connectivity index is 0.869. The molecular weight excluding hydrogens is 809 g/mol. The molecule has 9 rings (SSSR count). The van der Waals surface area contributed by atoms with Gasteiger partial charge >= 0.3 is 12.2 Å². The van der Waals surface area contributed by atoms with Gasteiger partial charge in [-0.1, -0.05) is 96.3 Å². The summed E-state index contributed by atoms with van der Waals surface area (Å²) >= 11 is 1.53. The largest absolute Gasteiger partial charge is 0.453 e. The summed E-state index contributed by atoms with van der Waals surface area (Å²) in [6.07, 6.45) is 9.33. The van der Waals surface area contributed by atoms with Gasteiger partial charge in [0.15, 0.2) is 4.96 Å². The quantitative estimate of drug-likeness (QED) is 0.103. The highest BCUT2D eigenvalue weighted by Crippen LogP contribution is 2.37. The Kier molecular flexibility index (Phi) is 11.3. The van der Waals surface area contributed by atoms with Crippen LogP contribution < -0.4 is 10.6 Å². The summed E-state index contributed by atoms with van der Waals surface area (Å²) in [6, 6.07) is 24.1. The number of H-pyrrole nitrogens is 2. The van der Waals surface area contributed by atoms with E-state index in [0.29, 0.717) is 35.9 Å². The first-order chi connectivity index (χ1) is 30.3. The van der Waals surface area contributed by atoms with E-state index in [2.05, 4.69) is 20.6 Å². The number of benzene rings is 3. The monoisotopic (exact) mass is 852 g/mol. The summed E-state index contributed by atoms with van der Waals surface area (Å²) in [4.78, 5) is 78.9. The maximum absolute atomic E-state index is 13.9. The minimum atomic E-state index is -0.891. The van der Waals surface area contributed by atoms with Crippen LogP contribution in [0.3, 0.4) is 0 Å². The first-order valence-corrected chi connectivity index (χ1v) is 21.2. The molecule has 4 aromatic heterocycles. The standard InChI is InChI=1S/C45H44N10O6S/c1-60-44(58)51-37(29-11-5-3-6-12-29)41(56)54-21-9-15-34(54)39-46-23-31(48-39)27-17-19-28(20-18-27)33-25-53-26-36(62-43(53)50-33)32-24-47-40(49-32)35-16-10-22-55(35)42(57)38(52-45(59)61-2)30-13-7-4-8-14-30/h3-8,11-14,17-20,23-26,34-35,37-38H,9-10,15-16,21-22H2,1-2H3,(H,46,48)(H,47,49)(H,51,58)(H,52,59)/t34-,35?,37+,38+/m0/s1. The fourth-order valence-corrected chi connectivity index (χ4v) is 9.28. The zero-order valence-electron chi connectivity index (χ0n) is 34.0. The van der Waals surface area contributed by atoms with E-state index < -0.39 is 24.3 Å². The van der Waals surface area contributed by atoms with E-state index in [9.17, 15) is 19.2 Å². The molecule has 7 aromatic rings. The summed E-state index contributed by atoms with van der Waals surface area (Å²) in [5, 5.41) is 5.42. The minimum absolute atomic E-state index is 0.221. The lowest BCUT2D eigenvalue weighted by Gasteiger charge is -2.28. The number of carbonyl (C=O) groups excluding carboxylic acids is 4. The third kappa shape index (κ3) is 8.01. The van der Waals surface area contributed by atoms with Crippen LogP contribution in [0.5, 0.6) is 0 Å². The molecule has 2 aliphatic heterocycles. The van der Waals surface area contributed by atoms with Crippen molar-refractivity contribution in [1.29, 1.82) is 0 Å². The van der Waals surface area contributed by atoms with Crippen LogP contribution in [-0.2, 0) is 19.1 Å². The molecule has 17 heteroatoms. The predicted molar refractivity (Wildman–Crippen MR) is 230 cm³/mol. The fourth-order valence-electron chi connectivity index (χ4n) is 8.34. The number of alkyl carbamates (subject to hydrolysis) is 2. The van der Waals surface area contributed by atoms with Crippen LogP contribution in [0.2, 0.25) is 0 Å². The molecule has 1 unspecified atom stereocenters. The smallest absolute Gasteiger partial charge is 0.407 e. The number of likely N-dealkylation sites (tertiary alicyclic amines) is 2. The molecular formula is C45H44N10O6S. The lowest BCUT2D eigenvalue weighted by Crippen LogP contribution is -2.42. The zero-order valence-corrected chi connectivity index (χ0v) is 34.8. The van der Waals surface area contributed by atoms with E-state index in [1.165, 1.54) is 25.6 Å². The second kappa shape index (κ2) is 17.4. The van der Waals surface area contributed by atoms with Crippen LogP contribution in [0, 0.1) is 0 Å². The normalized spacial score (nSPS) is 17.2. The highest BCUT2D eigenvalue weighted by molar-refractivity contribution is 7.20. The maximum atomic E-state index is 13.9. The number of ether oxygens (including phenoxy) is 2. The van der Waals surface area contributed by atoms with Crippen molar-refractivity contribution in [3.63, 3.8) is 0 Å². The average Bonchev–Trinajstić information content (AvgIpc) is 4.17. The molecule has 2 aliphatic rings. The summed E-state index contributed by atoms with van der Waals surface area (Å²) in [5.41, 5.74) is 5.71. The minimum Gasteiger partial charge on any atom is -0.453 e. The number of imidazole rings is 3. The van der Waals surface area contributed by atoms with Crippen LogP contribution in [0.1, 0.15) is 72.6 Å². The van der Waals surface area contributed by atoms with Crippen LogP contribution in [0.4, 0.5) is 9.59 Å². The van der Waals surface area contributed by atoms with Crippen molar-refractivity contribution in [2.75, 3.05) is 27.3 Å². The van der Waals surface area contributed by atoms with Gasteiger partial charge < -0.3 is 39.9 Å². The molecule has 62 heavy (non-hydrogen) atoms. The molecule has 6 heterocycles. The number of amides is 4. The van der Waals surface area contributed by atoms with Crippen LogP contribution in [-0.4, -0.2) is 90.4 Å². The summed E-state index contributed by atoms with van der Waals surface area (Å²) in [6.45, 7) is 1.09. The molecule has 4 amide bonds. The molecule has 2 fully saturated rings. The van der Waals surface area contributed by atoms with Gasteiger partial charge in [-0.05, 0) is 42.4 Å². The van der Waals surface area contributed by atoms with Crippen LogP contribution in [0.25, 0.3) is 38.0 Å². The SMILES string of the molecule is COC(=O)N[C@@H](C(=O)N1CCCC1c1ncc(-c2cn3cc(-c4ccc(-c5cnc([C@@H]6CCCN6C(=O)[C@H](NC(=O)OC)c6ccccc6)[nH]5)cc4)nc3s2)[nH]1)c1ccccc1. The number of rotatable bonds is 11. The molecule has 4 atom stereocenters. The number of nitrogens with one attached hydrogen (secondary N) is 4. The molecule has 16 nitrogen and oxygen atoms in total. The van der Waals surface area contributed by atoms with Gasteiger partial charge in [0.2, 0.25) is 0 Å². The van der Waals surface area contributed by atoms with Crippen molar-refractivity contribution >= 4 is 40.3 Å². The fraction of sp³-hybridized carbons (Fsp3) is 0.267. The third-order valence-electron chi connectivity index (χ3n) is 11.5. The van der Waals surface area contributed by atoms with E-state index in [4.69, 9.17) is 24.4 Å². The third-order valence-corrected chi connectivity index (χ3v) is 12.5. The lowest BCUT2D eigenvalue weighted by molar-refractivity contribution is -0.135. The van der Waals surface area contributed by atoms with Gasteiger partial charge in [-0.25, -0.2) is 24.5 Å². The Morgan fingerprint density at radius 2 is 1.18 bits per heavy atom. The van der Waals surface area contributed by atoms with E-state index in [0.717, 1.165) is 63.7 Å². The number of aromatic amines is 2. The summed E-state index contributed by atoms with van der Waals surface area (Å²) < 4.78 is 11.7. The number of fused-ring (bicyclic) bond motifs is 1. The highest BCUT2D eigenvalue weighted by atomic mass is 32.1. The lowest BCUT2D eigenvalue weighted by atomic mass is 10.1. The number of aromatic nitrogens is 6. The highest BCUT2D eigenvalue weighted by Gasteiger charge is 2.38. The Hall–Kier alpha value is -7.27. The van der Waals surface area contributed by atoms with E-state index in [-0.39, 0.29) is 23.9 Å². The number of methoxy groups -OCH3 is 2. The van der Waals surface area contributed by atoms with E-state index in [1.54, 1.807) is 22.2 Å². The van der Waals surface area contributed by atoms with Gasteiger partial charge in [0, 0.05) is 31.0 Å². The Labute approximate surface area is 360 Å². The first-order valence-electron chi connectivity index (χ1n) is 20.4. The van der Waals surface area contributed by atoms with Gasteiger partial charge in [0.1, 0.15) is 23.7 Å².